The number of carbonyl (C=O) groups excluding carboxylic acids is 2. The Kier molecular flexibility index (Phi) is 6.23. The van der Waals surface area contributed by atoms with E-state index in [9.17, 15) is 23.2 Å². The van der Waals surface area contributed by atoms with E-state index in [2.05, 4.69) is 4.98 Å². The molecule has 0 unspecified atom stereocenters. The van der Waals surface area contributed by atoms with Crippen molar-refractivity contribution in [3.8, 4) is 5.69 Å². The minimum Gasteiger partial charge on any atom is -0.462 e. The monoisotopic (exact) mass is 471 g/mol. The molecule has 0 aliphatic carbocycles. The molecule has 0 bridgehead atoms. The first-order chi connectivity index (χ1) is 16.2. The number of pyridine rings is 2. The van der Waals surface area contributed by atoms with Gasteiger partial charge in [0.05, 0.1) is 17.7 Å². The van der Waals surface area contributed by atoms with E-state index in [0.717, 1.165) is 29.0 Å². The molecule has 1 aliphatic heterocycles. The van der Waals surface area contributed by atoms with Crippen molar-refractivity contribution in [2.45, 2.75) is 20.3 Å². The molecule has 2 aromatic heterocycles. The van der Waals surface area contributed by atoms with Crippen LogP contribution in [0.1, 0.15) is 36.3 Å². The van der Waals surface area contributed by atoms with Gasteiger partial charge in [-0.2, -0.15) is 0 Å². The van der Waals surface area contributed by atoms with E-state index < -0.39 is 34.4 Å². The summed E-state index contributed by atoms with van der Waals surface area (Å²) in [6.45, 7) is 3.60. The van der Waals surface area contributed by atoms with Crippen LogP contribution in [0.25, 0.3) is 22.3 Å². The second-order valence-corrected chi connectivity index (χ2v) is 7.69. The molecule has 3 heterocycles. The number of hydrogen-bond acceptors (Lipinski definition) is 5. The number of halogens is 3. The van der Waals surface area contributed by atoms with Gasteiger partial charge in [0.1, 0.15) is 34.4 Å². The number of esters is 1. The number of benzene rings is 1. The average Bonchev–Trinajstić information content (AvgIpc) is 2.80. The molecule has 3 aromatic rings. The number of ether oxygens (including phenoxy) is 1. The summed E-state index contributed by atoms with van der Waals surface area (Å²) in [5.41, 5.74) is -1.12. The van der Waals surface area contributed by atoms with Crippen LogP contribution in [0.3, 0.4) is 0 Å². The van der Waals surface area contributed by atoms with Crippen LogP contribution >= 0.6 is 0 Å². The molecule has 4 rings (SSSR count). The van der Waals surface area contributed by atoms with E-state index in [4.69, 9.17) is 4.74 Å². The Balaban J connectivity index is 1.98. The Hall–Kier alpha value is -3.95. The second-order valence-electron chi connectivity index (χ2n) is 7.69. The lowest BCUT2D eigenvalue weighted by molar-refractivity contribution is -0.128. The number of rotatable bonds is 4. The number of amides is 1. The van der Waals surface area contributed by atoms with Crippen LogP contribution in [0.2, 0.25) is 0 Å². The lowest BCUT2D eigenvalue weighted by Crippen LogP contribution is -2.32. The van der Waals surface area contributed by atoms with E-state index in [1.54, 1.807) is 17.9 Å². The molecule has 1 amide bonds. The van der Waals surface area contributed by atoms with Crippen molar-refractivity contribution >= 4 is 28.5 Å². The van der Waals surface area contributed by atoms with Gasteiger partial charge in [-0.15, -0.1) is 0 Å². The summed E-state index contributed by atoms with van der Waals surface area (Å²) in [4.78, 5) is 42.8. The van der Waals surface area contributed by atoms with Gasteiger partial charge in [-0.05, 0) is 37.1 Å². The van der Waals surface area contributed by atoms with Crippen LogP contribution in [-0.4, -0.2) is 46.0 Å². The van der Waals surface area contributed by atoms with Gasteiger partial charge < -0.3 is 9.64 Å². The van der Waals surface area contributed by atoms with Crippen molar-refractivity contribution in [1.82, 2.24) is 14.5 Å². The summed E-state index contributed by atoms with van der Waals surface area (Å²) in [5.74, 6) is -3.68. The molecule has 7 nitrogen and oxygen atoms in total. The number of carbonyl (C=O) groups is 2. The zero-order valence-electron chi connectivity index (χ0n) is 18.4. The molecular weight excluding hydrogens is 451 g/mol. The first kappa shape index (κ1) is 23.2. The lowest BCUT2D eigenvalue weighted by Gasteiger charge is -2.25. The third-order valence-corrected chi connectivity index (χ3v) is 5.55. The van der Waals surface area contributed by atoms with Crippen molar-refractivity contribution in [2.75, 3.05) is 19.7 Å². The first-order valence-corrected chi connectivity index (χ1v) is 10.5. The Bertz CT molecular complexity index is 1410. The van der Waals surface area contributed by atoms with E-state index in [1.807, 2.05) is 0 Å². The van der Waals surface area contributed by atoms with Gasteiger partial charge in [0.15, 0.2) is 0 Å². The van der Waals surface area contributed by atoms with Crippen LogP contribution in [0.4, 0.5) is 13.2 Å². The third-order valence-electron chi connectivity index (χ3n) is 5.55. The minimum absolute atomic E-state index is 0.0157. The van der Waals surface area contributed by atoms with Crippen molar-refractivity contribution in [2.24, 2.45) is 0 Å². The van der Waals surface area contributed by atoms with E-state index in [1.165, 1.54) is 6.92 Å². The maximum atomic E-state index is 15.1. The molecule has 0 atom stereocenters. The summed E-state index contributed by atoms with van der Waals surface area (Å²) in [7, 11) is 0. The molecule has 10 heteroatoms. The molecule has 0 fully saturated rings. The van der Waals surface area contributed by atoms with Crippen molar-refractivity contribution in [3.63, 3.8) is 0 Å². The fourth-order valence-corrected chi connectivity index (χ4v) is 3.83. The molecule has 34 heavy (non-hydrogen) atoms. The second kappa shape index (κ2) is 9.12. The fraction of sp³-hybridized carbons (Fsp3) is 0.250. The highest BCUT2D eigenvalue weighted by atomic mass is 19.1. The predicted octanol–water partition coefficient (Wildman–Crippen LogP) is 3.62. The molecule has 1 aromatic carbocycles. The first-order valence-electron chi connectivity index (χ1n) is 10.5. The zero-order chi connectivity index (χ0) is 24.6. The van der Waals surface area contributed by atoms with Gasteiger partial charge >= 0.3 is 5.97 Å². The fourth-order valence-electron chi connectivity index (χ4n) is 3.83. The van der Waals surface area contributed by atoms with Crippen LogP contribution in [0.15, 0.2) is 41.3 Å². The van der Waals surface area contributed by atoms with Crippen LogP contribution in [0, 0.1) is 17.5 Å². The SMILES string of the molecule is CCOC(=O)c1cn(-c2ccc(F)cc2F)c2nc(C3=CCN(C(C)=O)CC3)c(F)cc2c1=O. The molecule has 0 N–H and O–H groups in total. The maximum absolute atomic E-state index is 15.1. The van der Waals surface area contributed by atoms with Gasteiger partial charge in [-0.25, -0.2) is 22.9 Å². The number of aromatic nitrogens is 2. The molecular formula is C24H20F3N3O4. The Labute approximate surface area is 192 Å². The highest BCUT2D eigenvalue weighted by molar-refractivity contribution is 5.94. The molecule has 0 radical (unpaired) electrons. The van der Waals surface area contributed by atoms with Crippen molar-refractivity contribution in [1.29, 1.82) is 0 Å². The van der Waals surface area contributed by atoms with Crippen molar-refractivity contribution in [3.05, 3.63) is 75.5 Å². The summed E-state index contributed by atoms with van der Waals surface area (Å²) in [6, 6.07) is 3.72. The Morgan fingerprint density at radius 1 is 1.15 bits per heavy atom. The number of fused-ring (bicyclic) bond motifs is 1. The molecule has 176 valence electrons. The smallest absolute Gasteiger partial charge is 0.343 e. The average molecular weight is 471 g/mol. The van der Waals surface area contributed by atoms with Gasteiger partial charge in [0.2, 0.25) is 11.3 Å². The van der Waals surface area contributed by atoms with E-state index in [-0.39, 0.29) is 41.5 Å². The topological polar surface area (TPSA) is 81.5 Å². The summed E-state index contributed by atoms with van der Waals surface area (Å²) in [5, 5.41) is -0.266. The zero-order valence-corrected chi connectivity index (χ0v) is 18.4. The normalized spacial score (nSPS) is 13.7. The van der Waals surface area contributed by atoms with Gasteiger partial charge in [-0.1, -0.05) is 6.08 Å². The number of hydrogen-bond donors (Lipinski definition) is 0. The van der Waals surface area contributed by atoms with Crippen LogP contribution in [-0.2, 0) is 9.53 Å². The summed E-state index contributed by atoms with van der Waals surface area (Å²) < 4.78 is 49.3. The molecule has 0 saturated heterocycles. The van der Waals surface area contributed by atoms with Gasteiger partial charge in [0.25, 0.3) is 0 Å². The summed E-state index contributed by atoms with van der Waals surface area (Å²) in [6.07, 6.45) is 3.04. The van der Waals surface area contributed by atoms with Crippen LogP contribution < -0.4 is 5.43 Å². The largest absolute Gasteiger partial charge is 0.462 e. The van der Waals surface area contributed by atoms with Gasteiger partial charge in [-0.3, -0.25) is 14.2 Å². The van der Waals surface area contributed by atoms with E-state index >= 15 is 4.39 Å². The maximum Gasteiger partial charge on any atom is 0.343 e. The standard InChI is InChI=1S/C24H20F3N3O4/c1-3-34-24(33)17-12-30(20-5-4-15(25)10-18(20)26)23-16(22(17)32)11-19(27)21(28-23)14-6-8-29(9-7-14)13(2)31/h4-6,10-12H,3,7-9H2,1-2H3. The third kappa shape index (κ3) is 4.18. The highest BCUT2D eigenvalue weighted by Crippen LogP contribution is 2.27. The highest BCUT2D eigenvalue weighted by Gasteiger charge is 2.24. The Morgan fingerprint density at radius 2 is 1.91 bits per heavy atom. The lowest BCUT2D eigenvalue weighted by atomic mass is 10.0. The molecule has 1 aliphatic rings. The van der Waals surface area contributed by atoms with Crippen LogP contribution in [0.5, 0.6) is 0 Å². The van der Waals surface area contributed by atoms with Gasteiger partial charge in [0, 0.05) is 32.3 Å². The predicted molar refractivity (Wildman–Crippen MR) is 118 cm³/mol. The molecule has 0 spiro atoms. The van der Waals surface area contributed by atoms with Crippen molar-refractivity contribution < 1.29 is 27.5 Å². The number of nitrogens with zero attached hydrogens (tertiary/aromatic N) is 3. The minimum atomic E-state index is -0.971. The molecule has 0 saturated carbocycles. The Morgan fingerprint density at radius 3 is 2.53 bits per heavy atom. The van der Waals surface area contributed by atoms with E-state index in [0.29, 0.717) is 24.6 Å². The summed E-state index contributed by atoms with van der Waals surface area (Å²) >= 11 is 0. The quantitative estimate of drug-likeness (QED) is 0.543.